The Kier molecular flexibility index (Phi) is 4.98. The number of halogens is 2. The minimum Gasteiger partial charge on any atom is -0.363 e. The highest BCUT2D eigenvalue weighted by molar-refractivity contribution is 5.81. The molecule has 4 aromatic heterocycles. The third-order valence-electron chi connectivity index (χ3n) is 4.98. The van der Waals surface area contributed by atoms with E-state index >= 15 is 4.39 Å². The molecule has 0 aliphatic heterocycles. The average Bonchev–Trinajstić information content (AvgIpc) is 3.26. The molecule has 0 unspecified atom stereocenters. The first kappa shape index (κ1) is 19.7. The lowest BCUT2D eigenvalue weighted by molar-refractivity contribution is 0.315. The molecule has 0 atom stereocenters. The van der Waals surface area contributed by atoms with Crippen molar-refractivity contribution < 1.29 is 13.4 Å². The summed E-state index contributed by atoms with van der Waals surface area (Å²) in [5, 5.41) is 10.5. The molecule has 1 N–H and O–H groups in total. The summed E-state index contributed by atoms with van der Waals surface area (Å²) in [7, 11) is 0. The Hall–Kier alpha value is -4.27. The van der Waals surface area contributed by atoms with E-state index in [9.17, 15) is 4.39 Å². The highest BCUT2D eigenvalue weighted by Gasteiger charge is 2.14. The first-order valence-electron chi connectivity index (χ1n) is 9.77. The highest BCUT2D eigenvalue weighted by atomic mass is 19.1. The molecular weight excluding hydrogens is 414 g/mol. The van der Waals surface area contributed by atoms with Crippen molar-refractivity contribution >= 4 is 16.9 Å². The second-order valence-corrected chi connectivity index (χ2v) is 7.20. The number of nitrogens with one attached hydrogen (secondary N) is 1. The van der Waals surface area contributed by atoms with E-state index in [0.29, 0.717) is 33.3 Å². The van der Waals surface area contributed by atoms with Crippen LogP contribution in [0, 0.1) is 18.6 Å². The zero-order valence-electron chi connectivity index (χ0n) is 16.9. The zero-order chi connectivity index (χ0) is 22.1. The maximum atomic E-state index is 15.1. The lowest BCUT2D eigenvalue weighted by Crippen LogP contribution is -2.06. The fourth-order valence-corrected chi connectivity index (χ4v) is 3.40. The maximum absolute atomic E-state index is 15.1. The molecule has 9 heteroatoms. The molecule has 5 rings (SSSR count). The topological polar surface area (TPSA) is 89.6 Å². The molecule has 5 aromatic rings. The minimum absolute atomic E-state index is 0.0510. The van der Waals surface area contributed by atoms with Crippen LogP contribution in [-0.4, -0.2) is 25.3 Å². The molecule has 158 valence electrons. The van der Waals surface area contributed by atoms with E-state index < -0.39 is 11.6 Å². The van der Waals surface area contributed by atoms with Gasteiger partial charge < -0.3 is 5.32 Å². The van der Waals surface area contributed by atoms with Crippen molar-refractivity contribution in [3.8, 4) is 22.4 Å². The Labute approximate surface area is 181 Å². The van der Waals surface area contributed by atoms with Gasteiger partial charge in [-0.3, -0.25) is 9.97 Å². The predicted molar refractivity (Wildman–Crippen MR) is 114 cm³/mol. The van der Waals surface area contributed by atoms with Crippen LogP contribution >= 0.6 is 0 Å². The fraction of sp³-hybridized carbons (Fsp3) is 0.0870. The molecule has 4 heterocycles. The van der Waals surface area contributed by atoms with Gasteiger partial charge >= 0.3 is 0 Å². The molecule has 0 saturated carbocycles. The monoisotopic (exact) mass is 430 g/mol. The number of hydrogen-bond acceptors (Lipinski definition) is 7. The summed E-state index contributed by atoms with van der Waals surface area (Å²) in [5.74, 6) is -0.942. The van der Waals surface area contributed by atoms with Crippen molar-refractivity contribution in [1.29, 1.82) is 0 Å². The molecule has 0 fully saturated rings. The minimum atomic E-state index is -0.527. The Morgan fingerprint density at radius 2 is 1.72 bits per heavy atom. The second-order valence-electron chi connectivity index (χ2n) is 7.20. The van der Waals surface area contributed by atoms with Gasteiger partial charge in [0, 0.05) is 42.0 Å². The van der Waals surface area contributed by atoms with Crippen LogP contribution in [0.15, 0.2) is 65.7 Å². The summed E-state index contributed by atoms with van der Waals surface area (Å²) >= 11 is 0. The Bertz CT molecular complexity index is 1440. The zero-order valence-corrected chi connectivity index (χ0v) is 16.9. The third kappa shape index (κ3) is 3.76. The quantitative estimate of drug-likeness (QED) is 0.422. The molecule has 7 nitrogen and oxygen atoms in total. The number of hydrogen-bond donors (Lipinski definition) is 1. The van der Waals surface area contributed by atoms with Gasteiger partial charge in [0.15, 0.2) is 11.6 Å². The third-order valence-corrected chi connectivity index (χ3v) is 4.98. The van der Waals surface area contributed by atoms with Crippen LogP contribution in [0.5, 0.6) is 0 Å². The molecular formula is C23H16F2N6O. The van der Waals surface area contributed by atoms with Gasteiger partial charge in [0.25, 0.3) is 0 Å². The van der Waals surface area contributed by atoms with E-state index in [0.717, 1.165) is 5.69 Å². The van der Waals surface area contributed by atoms with Crippen LogP contribution < -0.4 is 5.32 Å². The number of aryl methyl sites for hydroxylation is 1. The number of anilines is 1. The molecule has 1 aromatic carbocycles. The van der Waals surface area contributed by atoms with Crippen molar-refractivity contribution in [3.63, 3.8) is 0 Å². The van der Waals surface area contributed by atoms with E-state index in [4.69, 9.17) is 4.63 Å². The van der Waals surface area contributed by atoms with Gasteiger partial charge in [-0.25, -0.2) is 18.4 Å². The van der Waals surface area contributed by atoms with E-state index in [1.54, 1.807) is 48.8 Å². The summed E-state index contributed by atoms with van der Waals surface area (Å²) < 4.78 is 34.4. The number of benzene rings is 1. The fourth-order valence-electron chi connectivity index (χ4n) is 3.40. The summed E-state index contributed by atoms with van der Waals surface area (Å²) in [6, 6.07) is 11.5. The second kappa shape index (κ2) is 8.10. The van der Waals surface area contributed by atoms with Gasteiger partial charge in [-0.05, 0) is 64.8 Å². The molecule has 0 spiro atoms. The van der Waals surface area contributed by atoms with Crippen molar-refractivity contribution in [1.82, 2.24) is 25.3 Å². The van der Waals surface area contributed by atoms with Gasteiger partial charge in [0.05, 0.1) is 0 Å². The Morgan fingerprint density at radius 1 is 0.875 bits per heavy atom. The Balaban J connectivity index is 1.37. The van der Waals surface area contributed by atoms with Gasteiger partial charge in [-0.2, -0.15) is 0 Å². The van der Waals surface area contributed by atoms with E-state index in [1.165, 1.54) is 12.3 Å². The number of pyridine rings is 3. The van der Waals surface area contributed by atoms with Crippen LogP contribution in [0.25, 0.3) is 33.4 Å². The molecule has 0 saturated heterocycles. The van der Waals surface area contributed by atoms with Crippen LogP contribution in [0.2, 0.25) is 0 Å². The van der Waals surface area contributed by atoms with Gasteiger partial charge in [0.1, 0.15) is 22.5 Å². The normalized spacial score (nSPS) is 11.1. The standard InChI is InChI=1S/C23H16F2N6O/c1-13-8-16(4-6-26-13)22-18(24)9-14(11-28-22)12-29-23-21(25)17(5-7-27-23)15-2-3-19-20(10-15)31-32-30-19/h2-11H,12H2,1H3,(H,27,29). The lowest BCUT2D eigenvalue weighted by Gasteiger charge is -2.11. The Morgan fingerprint density at radius 3 is 2.56 bits per heavy atom. The molecule has 32 heavy (non-hydrogen) atoms. The van der Waals surface area contributed by atoms with Crippen LogP contribution in [0.1, 0.15) is 11.3 Å². The maximum Gasteiger partial charge on any atom is 0.173 e. The molecule has 0 radical (unpaired) electrons. The molecule has 0 aliphatic rings. The lowest BCUT2D eigenvalue weighted by atomic mass is 10.1. The van der Waals surface area contributed by atoms with Crippen molar-refractivity contribution in [2.75, 3.05) is 5.32 Å². The van der Waals surface area contributed by atoms with E-state index in [2.05, 4.69) is 30.6 Å². The average molecular weight is 430 g/mol. The highest BCUT2D eigenvalue weighted by Crippen LogP contribution is 2.28. The molecule has 0 amide bonds. The number of aromatic nitrogens is 5. The van der Waals surface area contributed by atoms with Gasteiger partial charge in [-0.1, -0.05) is 6.07 Å². The smallest absolute Gasteiger partial charge is 0.173 e. The summed E-state index contributed by atoms with van der Waals surface area (Å²) in [6.45, 7) is 1.98. The van der Waals surface area contributed by atoms with Crippen molar-refractivity contribution in [3.05, 3.63) is 83.9 Å². The summed E-state index contributed by atoms with van der Waals surface area (Å²) in [4.78, 5) is 12.4. The number of rotatable bonds is 5. The van der Waals surface area contributed by atoms with Crippen molar-refractivity contribution in [2.24, 2.45) is 0 Å². The SMILES string of the molecule is Cc1cc(-c2ncc(CNc3nccc(-c4ccc5nonc5c4)c3F)cc2F)ccn1. The summed E-state index contributed by atoms with van der Waals surface area (Å²) in [5.41, 5.74) is 4.28. The van der Waals surface area contributed by atoms with Gasteiger partial charge in [0.2, 0.25) is 0 Å². The molecule has 0 aliphatic carbocycles. The first-order chi connectivity index (χ1) is 15.6. The predicted octanol–water partition coefficient (Wildman–Crippen LogP) is 4.94. The van der Waals surface area contributed by atoms with Crippen molar-refractivity contribution in [2.45, 2.75) is 13.5 Å². The van der Waals surface area contributed by atoms with E-state index in [-0.39, 0.29) is 18.1 Å². The van der Waals surface area contributed by atoms with Crippen LogP contribution in [-0.2, 0) is 6.54 Å². The number of fused-ring (bicyclic) bond motifs is 1. The van der Waals surface area contributed by atoms with Crippen LogP contribution in [0.4, 0.5) is 14.6 Å². The van der Waals surface area contributed by atoms with E-state index in [1.807, 2.05) is 6.92 Å². The number of nitrogens with zero attached hydrogens (tertiary/aromatic N) is 5. The van der Waals surface area contributed by atoms with Crippen LogP contribution in [0.3, 0.4) is 0 Å². The largest absolute Gasteiger partial charge is 0.363 e. The molecule has 0 bridgehead atoms. The summed E-state index contributed by atoms with van der Waals surface area (Å²) in [6.07, 6.45) is 4.66. The van der Waals surface area contributed by atoms with Gasteiger partial charge in [-0.15, -0.1) is 0 Å². The first-order valence-corrected chi connectivity index (χ1v) is 9.77.